The summed E-state index contributed by atoms with van der Waals surface area (Å²) in [6, 6.07) is 3.87. The van der Waals surface area contributed by atoms with Crippen LogP contribution in [0.25, 0.3) is 22.1 Å². The molecule has 152 valence electrons. The molecule has 4 aromatic rings. The van der Waals surface area contributed by atoms with Gasteiger partial charge in [0.25, 0.3) is 0 Å². The molecule has 4 heterocycles. The zero-order valence-electron chi connectivity index (χ0n) is 15.4. The topological polar surface area (TPSA) is 98.6 Å². The first kappa shape index (κ1) is 22.8. The van der Waals surface area contributed by atoms with Gasteiger partial charge < -0.3 is 4.74 Å². The number of aromatic nitrogens is 6. The van der Waals surface area contributed by atoms with Crippen molar-refractivity contribution in [3.63, 3.8) is 0 Å². The number of ether oxygens (including phenoxy) is 1. The Balaban J connectivity index is 0.000000186. The second-order valence-electron chi connectivity index (χ2n) is 6.77. The van der Waals surface area contributed by atoms with Crippen molar-refractivity contribution >= 4 is 105 Å². The van der Waals surface area contributed by atoms with Gasteiger partial charge in [0.2, 0.25) is 0 Å². The van der Waals surface area contributed by atoms with Crippen molar-refractivity contribution in [1.29, 1.82) is 0 Å². The highest BCUT2D eigenvalue weighted by molar-refractivity contribution is 14.1. The van der Waals surface area contributed by atoms with Crippen LogP contribution in [0.1, 0.15) is 20.8 Å². The molecule has 0 saturated carbocycles. The summed E-state index contributed by atoms with van der Waals surface area (Å²) < 4.78 is 10.0. The van der Waals surface area contributed by atoms with Gasteiger partial charge in [0, 0.05) is 21.3 Å². The molecule has 0 spiro atoms. The van der Waals surface area contributed by atoms with Gasteiger partial charge in [-0.1, -0.05) is 0 Å². The Hall–Kier alpha value is -0.870. The minimum Gasteiger partial charge on any atom is -0.442 e. The van der Waals surface area contributed by atoms with Crippen LogP contribution < -0.4 is 0 Å². The van der Waals surface area contributed by atoms with Crippen molar-refractivity contribution in [3.8, 4) is 0 Å². The molecule has 4 aromatic heterocycles. The zero-order valence-corrected chi connectivity index (χ0v) is 22.9. The molecule has 29 heavy (non-hydrogen) atoms. The van der Waals surface area contributed by atoms with Gasteiger partial charge in [-0.15, -0.1) is 4.68 Å². The number of nitrogens with one attached hydrogen (secondary N) is 1. The first-order chi connectivity index (χ1) is 13.5. The van der Waals surface area contributed by atoms with Crippen molar-refractivity contribution < 1.29 is 9.53 Å². The van der Waals surface area contributed by atoms with Crippen molar-refractivity contribution in [2.45, 2.75) is 26.4 Å². The number of pyridine rings is 2. The Labute approximate surface area is 210 Å². The molecule has 0 saturated heterocycles. The van der Waals surface area contributed by atoms with Gasteiger partial charge in [-0.3, -0.25) is 5.10 Å². The molecule has 0 amide bonds. The molecule has 0 bridgehead atoms. The van der Waals surface area contributed by atoms with Crippen LogP contribution in [-0.4, -0.2) is 41.6 Å². The third kappa shape index (κ3) is 5.64. The largest absolute Gasteiger partial charge is 0.442 e. The monoisotopic (exact) mass is 746 g/mol. The number of carbonyl (C=O) groups excluding carboxylic acids is 1. The van der Waals surface area contributed by atoms with E-state index in [1.807, 2.05) is 32.9 Å². The minimum absolute atomic E-state index is 0.497. The molecular weight excluding hydrogens is 734 g/mol. The maximum atomic E-state index is 12.0. The lowest BCUT2D eigenvalue weighted by Crippen LogP contribution is -2.27. The summed E-state index contributed by atoms with van der Waals surface area (Å²) >= 11 is 10.9. The predicted molar refractivity (Wildman–Crippen MR) is 134 cm³/mol. The molecule has 1 N–H and O–H groups in total. The molecule has 12 heteroatoms. The van der Waals surface area contributed by atoms with Gasteiger partial charge in [-0.2, -0.15) is 10.2 Å². The molecule has 0 radical (unpaired) electrons. The number of aromatic amines is 1. The van der Waals surface area contributed by atoms with E-state index < -0.39 is 11.7 Å². The number of rotatable bonds is 0. The van der Waals surface area contributed by atoms with Crippen LogP contribution in [0.3, 0.4) is 0 Å². The molecule has 4 rings (SSSR count). The van der Waals surface area contributed by atoms with E-state index in [1.165, 1.54) is 4.68 Å². The third-order valence-corrected chi connectivity index (χ3v) is 5.83. The Morgan fingerprint density at radius 2 is 1.72 bits per heavy atom. The molecule has 0 atom stereocenters. The molecule has 0 aliphatic rings. The summed E-state index contributed by atoms with van der Waals surface area (Å²) in [5, 5.41) is 12.9. The maximum absolute atomic E-state index is 12.0. The Bertz CT molecular complexity index is 1200. The normalized spacial score (nSPS) is 11.4. The summed E-state index contributed by atoms with van der Waals surface area (Å²) in [6.45, 7) is 5.43. The Morgan fingerprint density at radius 1 is 1.10 bits per heavy atom. The van der Waals surface area contributed by atoms with Crippen molar-refractivity contribution in [2.24, 2.45) is 0 Å². The average Bonchev–Trinajstić information content (AvgIpc) is 3.15. The number of nitrogens with zero attached hydrogens (tertiary/aromatic N) is 5. The number of fused-ring (bicyclic) bond motifs is 2. The number of H-pyrrole nitrogens is 1. The molecular formula is C17H14Br2I2N6O2. The fraction of sp³-hybridized carbons (Fsp3) is 0.235. The minimum atomic E-state index is -0.559. The Kier molecular flexibility index (Phi) is 7.15. The molecule has 0 aliphatic heterocycles. The average molecular weight is 748 g/mol. The fourth-order valence-electron chi connectivity index (χ4n) is 2.22. The highest BCUT2D eigenvalue weighted by Gasteiger charge is 2.22. The van der Waals surface area contributed by atoms with Gasteiger partial charge in [-0.05, 0) is 110 Å². The molecule has 0 fully saturated rings. The van der Waals surface area contributed by atoms with Crippen LogP contribution in [0.2, 0.25) is 0 Å². The van der Waals surface area contributed by atoms with Crippen molar-refractivity contribution in [2.75, 3.05) is 0 Å². The van der Waals surface area contributed by atoms with Crippen LogP contribution in [0.4, 0.5) is 4.79 Å². The van der Waals surface area contributed by atoms with E-state index in [-0.39, 0.29) is 0 Å². The molecule has 0 unspecified atom stereocenters. The van der Waals surface area contributed by atoms with Gasteiger partial charge in [-0.25, -0.2) is 14.8 Å². The van der Waals surface area contributed by atoms with E-state index in [1.54, 1.807) is 12.4 Å². The second-order valence-corrected chi connectivity index (χ2v) is 10.7. The summed E-state index contributed by atoms with van der Waals surface area (Å²) in [5.74, 6) is 0. The maximum Gasteiger partial charge on any atom is 0.437 e. The molecule has 8 nitrogen and oxygen atoms in total. The summed E-state index contributed by atoms with van der Waals surface area (Å²) in [4.78, 5) is 20.3. The van der Waals surface area contributed by atoms with Gasteiger partial charge in [0.1, 0.15) is 13.0 Å². The van der Waals surface area contributed by atoms with Gasteiger partial charge >= 0.3 is 6.09 Å². The summed E-state index contributed by atoms with van der Waals surface area (Å²) in [5.41, 5.74) is 0.699. The van der Waals surface area contributed by atoms with E-state index in [2.05, 4.69) is 102 Å². The number of halogens is 4. The second kappa shape index (κ2) is 9.09. The first-order valence-electron chi connectivity index (χ1n) is 8.13. The van der Waals surface area contributed by atoms with E-state index >= 15 is 0 Å². The van der Waals surface area contributed by atoms with E-state index in [4.69, 9.17) is 4.74 Å². The highest BCUT2D eigenvalue weighted by Crippen LogP contribution is 2.23. The van der Waals surface area contributed by atoms with E-state index in [0.717, 1.165) is 29.1 Å². The van der Waals surface area contributed by atoms with E-state index in [9.17, 15) is 4.79 Å². The lowest BCUT2D eigenvalue weighted by Gasteiger charge is -2.18. The van der Waals surface area contributed by atoms with Crippen LogP contribution >= 0.6 is 77.0 Å². The lowest BCUT2D eigenvalue weighted by atomic mass is 10.2. The third-order valence-electron chi connectivity index (χ3n) is 3.34. The first-order valence-corrected chi connectivity index (χ1v) is 11.9. The Morgan fingerprint density at radius 3 is 2.38 bits per heavy atom. The van der Waals surface area contributed by atoms with Crippen molar-refractivity contribution in [3.05, 3.63) is 40.9 Å². The summed E-state index contributed by atoms with van der Waals surface area (Å²) in [7, 11) is 0. The lowest BCUT2D eigenvalue weighted by molar-refractivity contribution is 0.0521. The smallest absolute Gasteiger partial charge is 0.437 e. The predicted octanol–water partition coefficient (Wildman–Crippen LogP) is 5.91. The van der Waals surface area contributed by atoms with Crippen LogP contribution in [0.15, 0.2) is 33.5 Å². The highest BCUT2D eigenvalue weighted by atomic mass is 127. The fourth-order valence-corrected chi connectivity index (χ4v) is 4.01. The number of carbonyl (C=O) groups is 1. The van der Waals surface area contributed by atoms with Crippen LogP contribution in [0.5, 0.6) is 0 Å². The van der Waals surface area contributed by atoms with Gasteiger partial charge in [0.05, 0.1) is 10.8 Å². The van der Waals surface area contributed by atoms with Crippen LogP contribution in [-0.2, 0) is 4.74 Å². The van der Waals surface area contributed by atoms with Crippen molar-refractivity contribution in [1.82, 2.24) is 29.9 Å². The number of hydrogen-bond donors (Lipinski definition) is 1. The SMILES string of the molecule is Brc1cnc2n[nH]c(I)c2c1.CC(C)(C)OC(=O)n1nc(I)c2cc(Br)cnc21. The zero-order chi connectivity index (χ0) is 21.3. The van der Waals surface area contributed by atoms with Crippen LogP contribution in [0, 0.1) is 7.40 Å². The van der Waals surface area contributed by atoms with Gasteiger partial charge in [0.15, 0.2) is 11.3 Å². The standard InChI is InChI=1S/C11H11BrIN3O2.C6H3BrIN3/c1-11(2,3)18-10(17)16-9-7(8(13)15-16)4-6(12)5-14-9;7-3-1-4-5(8)10-11-6(4)9-2-3/h4-5H,1-3H3;1-2H,(H,9,10,11). The quantitative estimate of drug-likeness (QED) is 0.225. The summed E-state index contributed by atoms with van der Waals surface area (Å²) in [6.07, 6.45) is 2.84. The van der Waals surface area contributed by atoms with E-state index in [0.29, 0.717) is 9.35 Å². The number of hydrogen-bond acceptors (Lipinski definition) is 6. The molecule has 0 aliphatic carbocycles. The molecule has 0 aromatic carbocycles.